The molecule has 0 unspecified atom stereocenters. The minimum Gasteiger partial charge on any atom is -0.465 e. The number of H-pyrrole nitrogens is 1. The summed E-state index contributed by atoms with van der Waals surface area (Å²) in [6.45, 7) is 0.297. The highest BCUT2D eigenvalue weighted by atomic mass is 19.1. The molecule has 0 aliphatic rings. The molecule has 1 heterocycles. The number of hydrogen-bond donors (Lipinski definition) is 3. The zero-order valence-corrected chi connectivity index (χ0v) is 9.48. The first kappa shape index (κ1) is 12.1. The number of halogens is 1. The molecular formula is C12H12FN3O2. The van der Waals surface area contributed by atoms with Crippen molar-refractivity contribution in [3.63, 3.8) is 0 Å². The summed E-state index contributed by atoms with van der Waals surface area (Å²) in [5, 5.41) is 10.7. The molecule has 1 aromatic carbocycles. The van der Waals surface area contributed by atoms with Gasteiger partial charge in [-0.3, -0.25) is 0 Å². The van der Waals surface area contributed by atoms with Gasteiger partial charge in [0.15, 0.2) is 0 Å². The summed E-state index contributed by atoms with van der Waals surface area (Å²) in [6, 6.07) is 6.06. The van der Waals surface area contributed by atoms with Gasteiger partial charge in [0.1, 0.15) is 11.6 Å². The van der Waals surface area contributed by atoms with Crippen molar-refractivity contribution in [2.24, 2.45) is 0 Å². The van der Waals surface area contributed by atoms with Crippen LogP contribution in [0.15, 0.2) is 30.5 Å². The number of benzene rings is 1. The average Bonchev–Trinajstić information content (AvgIpc) is 2.78. The van der Waals surface area contributed by atoms with Crippen LogP contribution in [0.1, 0.15) is 5.82 Å². The van der Waals surface area contributed by atoms with E-state index >= 15 is 0 Å². The van der Waals surface area contributed by atoms with Crippen LogP contribution in [0.25, 0.3) is 11.3 Å². The average molecular weight is 249 g/mol. The summed E-state index contributed by atoms with van der Waals surface area (Å²) in [5.74, 6) is 0.396. The predicted molar refractivity (Wildman–Crippen MR) is 63.7 cm³/mol. The van der Waals surface area contributed by atoms with Crippen molar-refractivity contribution in [1.82, 2.24) is 15.3 Å². The first-order valence-electron chi connectivity index (χ1n) is 5.42. The van der Waals surface area contributed by atoms with Crippen LogP contribution in [0.3, 0.4) is 0 Å². The number of aromatic nitrogens is 2. The molecule has 18 heavy (non-hydrogen) atoms. The summed E-state index contributed by atoms with van der Waals surface area (Å²) >= 11 is 0. The van der Waals surface area contributed by atoms with Gasteiger partial charge >= 0.3 is 6.09 Å². The number of nitrogens with zero attached hydrogens (tertiary/aromatic N) is 1. The van der Waals surface area contributed by atoms with E-state index in [1.807, 2.05) is 0 Å². The minimum absolute atomic E-state index is 0.288. The third-order valence-electron chi connectivity index (χ3n) is 2.42. The van der Waals surface area contributed by atoms with Gasteiger partial charge in [-0.2, -0.15) is 0 Å². The van der Waals surface area contributed by atoms with Crippen LogP contribution >= 0.6 is 0 Å². The summed E-state index contributed by atoms with van der Waals surface area (Å²) in [7, 11) is 0. The van der Waals surface area contributed by atoms with Gasteiger partial charge in [0.2, 0.25) is 0 Å². The van der Waals surface area contributed by atoms with E-state index in [1.165, 1.54) is 12.1 Å². The molecule has 6 heteroatoms. The molecule has 2 aromatic rings. The van der Waals surface area contributed by atoms with Crippen molar-refractivity contribution < 1.29 is 14.3 Å². The number of carboxylic acid groups (broad SMARTS) is 1. The van der Waals surface area contributed by atoms with Crippen LogP contribution in [0.4, 0.5) is 9.18 Å². The molecule has 5 nitrogen and oxygen atoms in total. The van der Waals surface area contributed by atoms with E-state index in [9.17, 15) is 9.18 Å². The number of nitrogens with one attached hydrogen (secondary N) is 2. The first-order chi connectivity index (χ1) is 8.65. The third-order valence-corrected chi connectivity index (χ3v) is 2.42. The van der Waals surface area contributed by atoms with Crippen LogP contribution in [0.5, 0.6) is 0 Å². The molecule has 94 valence electrons. The second-order valence-electron chi connectivity index (χ2n) is 3.73. The van der Waals surface area contributed by atoms with Crippen LogP contribution in [0, 0.1) is 5.82 Å². The highest BCUT2D eigenvalue weighted by Gasteiger charge is 2.04. The molecule has 3 N–H and O–H groups in total. The molecule has 0 aliphatic carbocycles. The highest BCUT2D eigenvalue weighted by Crippen LogP contribution is 2.17. The fourth-order valence-corrected chi connectivity index (χ4v) is 1.55. The van der Waals surface area contributed by atoms with E-state index in [2.05, 4.69) is 15.3 Å². The number of aromatic amines is 1. The molecule has 0 saturated heterocycles. The quantitative estimate of drug-likeness (QED) is 0.775. The lowest BCUT2D eigenvalue weighted by molar-refractivity contribution is 0.194. The Labute approximate surface area is 103 Å². The number of amides is 1. The van der Waals surface area contributed by atoms with Gasteiger partial charge in [-0.25, -0.2) is 14.2 Å². The second-order valence-corrected chi connectivity index (χ2v) is 3.73. The lowest BCUT2D eigenvalue weighted by Gasteiger charge is -1.98. The van der Waals surface area contributed by atoms with Crippen LogP contribution < -0.4 is 5.32 Å². The number of carbonyl (C=O) groups is 1. The van der Waals surface area contributed by atoms with Crippen LogP contribution in [-0.2, 0) is 6.42 Å². The third kappa shape index (κ3) is 3.07. The van der Waals surface area contributed by atoms with Crippen molar-refractivity contribution in [2.45, 2.75) is 6.42 Å². The molecule has 1 aromatic heterocycles. The summed E-state index contributed by atoms with van der Waals surface area (Å²) in [6.07, 6.45) is 1.07. The van der Waals surface area contributed by atoms with Gasteiger partial charge in [0, 0.05) is 13.0 Å². The number of rotatable bonds is 4. The van der Waals surface area contributed by atoms with Gasteiger partial charge in [-0.05, 0) is 29.8 Å². The Morgan fingerprint density at radius 1 is 1.39 bits per heavy atom. The predicted octanol–water partition coefficient (Wildman–Crippen LogP) is 2.03. The van der Waals surface area contributed by atoms with E-state index in [0.717, 1.165) is 11.3 Å². The van der Waals surface area contributed by atoms with E-state index in [0.29, 0.717) is 18.8 Å². The van der Waals surface area contributed by atoms with E-state index in [4.69, 9.17) is 5.11 Å². The zero-order valence-electron chi connectivity index (χ0n) is 9.48. The standard InChI is InChI=1S/C12H12FN3O2/c13-9-3-1-8(2-4-9)10-7-15-11(16-10)5-6-14-12(17)18/h1-4,7,14H,5-6H2,(H,15,16)(H,17,18). The minimum atomic E-state index is -1.06. The first-order valence-corrected chi connectivity index (χ1v) is 5.42. The largest absolute Gasteiger partial charge is 0.465 e. The lowest BCUT2D eigenvalue weighted by Crippen LogP contribution is -2.23. The van der Waals surface area contributed by atoms with Crippen LogP contribution in [-0.4, -0.2) is 27.7 Å². The molecule has 0 aliphatic heterocycles. The molecule has 0 fully saturated rings. The van der Waals surface area contributed by atoms with Gasteiger partial charge in [0.25, 0.3) is 0 Å². The van der Waals surface area contributed by atoms with Crippen molar-refractivity contribution in [3.05, 3.63) is 42.1 Å². The molecule has 0 saturated carbocycles. The maximum absolute atomic E-state index is 12.8. The summed E-state index contributed by atoms with van der Waals surface area (Å²) in [4.78, 5) is 17.5. The highest BCUT2D eigenvalue weighted by molar-refractivity contribution is 5.64. The lowest BCUT2D eigenvalue weighted by atomic mass is 10.2. The van der Waals surface area contributed by atoms with E-state index in [-0.39, 0.29) is 5.82 Å². The van der Waals surface area contributed by atoms with Gasteiger partial charge in [0.05, 0.1) is 11.9 Å². The Kier molecular flexibility index (Phi) is 3.57. The normalized spacial score (nSPS) is 10.3. The van der Waals surface area contributed by atoms with Gasteiger partial charge in [-0.1, -0.05) is 0 Å². The molecule has 0 radical (unpaired) electrons. The summed E-state index contributed by atoms with van der Waals surface area (Å²) in [5.41, 5.74) is 1.61. The molecule has 0 spiro atoms. The second kappa shape index (κ2) is 5.31. The van der Waals surface area contributed by atoms with Gasteiger partial charge in [-0.15, -0.1) is 0 Å². The smallest absolute Gasteiger partial charge is 0.404 e. The molecule has 0 bridgehead atoms. The monoisotopic (exact) mass is 249 g/mol. The van der Waals surface area contributed by atoms with Crippen molar-refractivity contribution in [1.29, 1.82) is 0 Å². The Balaban J connectivity index is 2.01. The van der Waals surface area contributed by atoms with Crippen molar-refractivity contribution >= 4 is 6.09 Å². The Morgan fingerprint density at radius 2 is 2.11 bits per heavy atom. The fourth-order valence-electron chi connectivity index (χ4n) is 1.55. The Hall–Kier alpha value is -2.37. The summed E-state index contributed by atoms with van der Waals surface area (Å²) < 4.78 is 12.8. The Bertz CT molecular complexity index is 537. The molecule has 2 rings (SSSR count). The van der Waals surface area contributed by atoms with E-state index in [1.54, 1.807) is 18.3 Å². The zero-order chi connectivity index (χ0) is 13.0. The number of imidazole rings is 1. The number of hydrogen-bond acceptors (Lipinski definition) is 2. The fraction of sp³-hybridized carbons (Fsp3) is 0.167. The Morgan fingerprint density at radius 3 is 2.78 bits per heavy atom. The molecular weight excluding hydrogens is 237 g/mol. The molecule has 0 atom stereocenters. The SMILES string of the molecule is O=C(O)NCCc1ncc(-c2ccc(F)cc2)[nH]1. The van der Waals surface area contributed by atoms with Crippen molar-refractivity contribution in [3.8, 4) is 11.3 Å². The maximum atomic E-state index is 12.8. The van der Waals surface area contributed by atoms with Crippen molar-refractivity contribution in [2.75, 3.05) is 6.54 Å². The van der Waals surface area contributed by atoms with Gasteiger partial charge < -0.3 is 15.4 Å². The van der Waals surface area contributed by atoms with E-state index < -0.39 is 6.09 Å². The maximum Gasteiger partial charge on any atom is 0.404 e. The van der Waals surface area contributed by atoms with Crippen LogP contribution in [0.2, 0.25) is 0 Å². The molecule has 1 amide bonds. The topological polar surface area (TPSA) is 78.0 Å².